The summed E-state index contributed by atoms with van der Waals surface area (Å²) in [5, 5.41) is 3.58. The summed E-state index contributed by atoms with van der Waals surface area (Å²) in [7, 11) is 0. The fraction of sp³-hybridized carbons (Fsp3) is 0. The Balaban J connectivity index is 2.30. The zero-order chi connectivity index (χ0) is 12.8. The Morgan fingerprint density at radius 1 is 0.789 bits per heavy atom. The van der Waals surface area contributed by atoms with Gasteiger partial charge in [-0.3, -0.25) is 0 Å². The number of aromatic nitrogens is 1. The number of para-hydroxylation sites is 1. The van der Waals surface area contributed by atoms with Gasteiger partial charge in [-0.25, -0.2) is 0 Å². The molecule has 0 atom stereocenters. The molecule has 90 valence electrons. The Morgan fingerprint density at radius 3 is 2.42 bits per heavy atom. The number of benzene rings is 3. The smallest absolute Gasteiger partial charge is 0.0479 e. The van der Waals surface area contributed by atoms with Gasteiger partial charge in [-0.2, -0.15) is 0 Å². The van der Waals surface area contributed by atoms with Gasteiger partial charge in [0, 0.05) is 26.7 Å². The molecular formula is C17H11NS. The highest BCUT2D eigenvalue weighted by Crippen LogP contribution is 2.32. The maximum absolute atomic E-state index is 5.48. The van der Waals surface area contributed by atoms with Crippen molar-refractivity contribution in [1.82, 2.24) is 4.98 Å². The van der Waals surface area contributed by atoms with Gasteiger partial charge >= 0.3 is 0 Å². The molecule has 2 aromatic rings. The van der Waals surface area contributed by atoms with E-state index in [-0.39, 0.29) is 0 Å². The minimum absolute atomic E-state index is 0.898. The molecular weight excluding hydrogens is 250 g/mol. The summed E-state index contributed by atoms with van der Waals surface area (Å²) in [5.74, 6) is 0. The lowest BCUT2D eigenvalue weighted by atomic mass is 9.98. The molecule has 0 spiro atoms. The molecule has 0 bridgehead atoms. The Labute approximate surface area is 115 Å². The van der Waals surface area contributed by atoms with Gasteiger partial charge in [0.05, 0.1) is 0 Å². The first-order valence-corrected chi connectivity index (χ1v) is 6.67. The molecule has 1 aliphatic heterocycles. The number of rotatable bonds is 0. The third-order valence-corrected chi connectivity index (χ3v) is 3.92. The molecule has 2 aromatic carbocycles. The molecule has 2 aliphatic rings. The molecule has 4 rings (SSSR count). The van der Waals surface area contributed by atoms with E-state index in [9.17, 15) is 0 Å². The van der Waals surface area contributed by atoms with Crippen molar-refractivity contribution in [3.63, 3.8) is 0 Å². The normalized spacial score (nSPS) is 11.4. The van der Waals surface area contributed by atoms with Crippen molar-refractivity contribution in [3.8, 4) is 11.3 Å². The molecule has 1 N–H and O–H groups in total. The van der Waals surface area contributed by atoms with Crippen molar-refractivity contribution in [2.24, 2.45) is 0 Å². The molecule has 0 radical (unpaired) electrons. The van der Waals surface area contributed by atoms with Crippen LogP contribution in [0.25, 0.3) is 32.9 Å². The van der Waals surface area contributed by atoms with E-state index in [0.717, 1.165) is 21.1 Å². The second kappa shape index (κ2) is 3.90. The van der Waals surface area contributed by atoms with E-state index < -0.39 is 0 Å². The molecule has 2 heteroatoms. The fourth-order valence-electron chi connectivity index (χ4n) is 2.66. The Kier molecular flexibility index (Phi) is 2.20. The van der Waals surface area contributed by atoms with Gasteiger partial charge in [-0.15, -0.1) is 0 Å². The molecule has 0 unspecified atom stereocenters. The molecule has 1 heterocycles. The number of H-pyrrole nitrogens is 1. The monoisotopic (exact) mass is 261 g/mol. The molecule has 1 aliphatic carbocycles. The predicted molar refractivity (Wildman–Crippen MR) is 83.3 cm³/mol. The van der Waals surface area contributed by atoms with E-state index in [2.05, 4.69) is 53.5 Å². The molecule has 0 saturated carbocycles. The highest BCUT2D eigenvalue weighted by atomic mass is 32.1. The molecule has 0 saturated heterocycles. The van der Waals surface area contributed by atoms with Crippen LogP contribution in [0, 0.1) is 4.51 Å². The van der Waals surface area contributed by atoms with Crippen molar-refractivity contribution in [2.45, 2.75) is 0 Å². The van der Waals surface area contributed by atoms with Crippen LogP contribution in [0.3, 0.4) is 0 Å². The van der Waals surface area contributed by atoms with Crippen molar-refractivity contribution < 1.29 is 0 Å². The van der Waals surface area contributed by atoms with Crippen LogP contribution in [-0.2, 0) is 0 Å². The maximum Gasteiger partial charge on any atom is 0.0479 e. The summed E-state index contributed by atoms with van der Waals surface area (Å²) < 4.78 is 0.898. The fourth-order valence-corrected chi connectivity index (χ4v) is 2.96. The quantitative estimate of drug-likeness (QED) is 0.263. The lowest BCUT2D eigenvalue weighted by Crippen LogP contribution is -1.90. The van der Waals surface area contributed by atoms with Gasteiger partial charge < -0.3 is 4.98 Å². The Bertz CT molecular complexity index is 936. The minimum atomic E-state index is 0.898. The molecule has 0 amide bonds. The van der Waals surface area contributed by atoms with Crippen LogP contribution in [0.1, 0.15) is 0 Å². The van der Waals surface area contributed by atoms with Gasteiger partial charge in [-0.05, 0) is 29.0 Å². The summed E-state index contributed by atoms with van der Waals surface area (Å²) in [6, 6.07) is 20.9. The van der Waals surface area contributed by atoms with Gasteiger partial charge in [0.2, 0.25) is 0 Å². The van der Waals surface area contributed by atoms with Crippen LogP contribution in [0.15, 0.2) is 60.7 Å². The van der Waals surface area contributed by atoms with Crippen LogP contribution in [-0.4, -0.2) is 4.98 Å². The molecule has 0 aromatic heterocycles. The third-order valence-electron chi connectivity index (χ3n) is 3.58. The Morgan fingerprint density at radius 2 is 1.53 bits per heavy atom. The number of aromatic amines is 1. The lowest BCUT2D eigenvalue weighted by Gasteiger charge is -2.12. The zero-order valence-electron chi connectivity index (χ0n) is 10.2. The second-order valence-electron chi connectivity index (χ2n) is 4.74. The summed E-state index contributed by atoms with van der Waals surface area (Å²) in [6.07, 6.45) is 0. The largest absolute Gasteiger partial charge is 0.354 e. The first-order chi connectivity index (χ1) is 9.33. The van der Waals surface area contributed by atoms with Crippen molar-refractivity contribution in [2.75, 3.05) is 0 Å². The van der Waals surface area contributed by atoms with E-state index in [1.54, 1.807) is 0 Å². The number of hydrogen-bond acceptors (Lipinski definition) is 1. The van der Waals surface area contributed by atoms with Crippen molar-refractivity contribution >= 4 is 33.9 Å². The number of fused-ring (bicyclic) bond motifs is 4. The molecule has 1 nitrogen and oxygen atoms in total. The average Bonchev–Trinajstić information content (AvgIpc) is 2.46. The average molecular weight is 261 g/mol. The maximum atomic E-state index is 5.48. The molecule has 19 heavy (non-hydrogen) atoms. The number of nitrogens with one attached hydrogen (secondary N) is 1. The predicted octanol–water partition coefficient (Wildman–Crippen LogP) is 5.16. The highest BCUT2D eigenvalue weighted by molar-refractivity contribution is 7.71. The van der Waals surface area contributed by atoms with E-state index in [1.807, 2.05) is 12.1 Å². The van der Waals surface area contributed by atoms with Crippen LogP contribution in [0.4, 0.5) is 0 Å². The highest BCUT2D eigenvalue weighted by Gasteiger charge is 2.09. The SMILES string of the molecule is S=c1cc2[nH]c3ccccc3cc-2c2ccccc12. The van der Waals surface area contributed by atoms with Gasteiger partial charge in [-0.1, -0.05) is 54.7 Å². The summed E-state index contributed by atoms with van der Waals surface area (Å²) in [6.45, 7) is 0. The van der Waals surface area contributed by atoms with E-state index >= 15 is 0 Å². The number of hydrogen-bond donors (Lipinski definition) is 1. The van der Waals surface area contributed by atoms with Gasteiger partial charge in [0.15, 0.2) is 0 Å². The zero-order valence-corrected chi connectivity index (χ0v) is 11.0. The van der Waals surface area contributed by atoms with Gasteiger partial charge in [0.25, 0.3) is 0 Å². The summed E-state index contributed by atoms with van der Waals surface area (Å²) in [5.41, 5.74) is 3.46. The standard InChI is InChI=1S/C17H11NS/c19-17-10-16-14(12-6-2-3-7-13(12)17)9-11-5-1-4-8-15(11)18-16/h1-10,18H. The minimum Gasteiger partial charge on any atom is -0.354 e. The van der Waals surface area contributed by atoms with Crippen molar-refractivity contribution in [1.29, 1.82) is 0 Å². The lowest BCUT2D eigenvalue weighted by molar-refractivity contribution is 1.40. The van der Waals surface area contributed by atoms with Crippen LogP contribution in [0.2, 0.25) is 0 Å². The number of pyridine rings is 1. The van der Waals surface area contributed by atoms with Crippen LogP contribution < -0.4 is 0 Å². The van der Waals surface area contributed by atoms with E-state index in [0.29, 0.717) is 0 Å². The van der Waals surface area contributed by atoms with E-state index in [1.165, 1.54) is 16.3 Å². The summed E-state index contributed by atoms with van der Waals surface area (Å²) >= 11 is 5.48. The topological polar surface area (TPSA) is 15.8 Å². The first-order valence-electron chi connectivity index (χ1n) is 6.26. The third kappa shape index (κ3) is 1.57. The summed E-state index contributed by atoms with van der Waals surface area (Å²) in [4.78, 5) is 3.48. The Hall–Kier alpha value is -2.19. The molecule has 0 fully saturated rings. The second-order valence-corrected chi connectivity index (χ2v) is 5.18. The van der Waals surface area contributed by atoms with Crippen LogP contribution in [0.5, 0.6) is 0 Å². The van der Waals surface area contributed by atoms with Crippen molar-refractivity contribution in [3.05, 3.63) is 65.2 Å². The van der Waals surface area contributed by atoms with Crippen LogP contribution >= 0.6 is 12.2 Å². The van der Waals surface area contributed by atoms with Gasteiger partial charge in [0.1, 0.15) is 0 Å². The first kappa shape index (κ1) is 10.7. The van der Waals surface area contributed by atoms with E-state index in [4.69, 9.17) is 12.2 Å².